The lowest BCUT2D eigenvalue weighted by atomic mass is 10.0. The fourth-order valence-electron chi connectivity index (χ4n) is 1.27. The molecule has 4 N–H and O–H groups in total. The number of hydrogen-bond acceptors (Lipinski definition) is 5. The van der Waals surface area contributed by atoms with E-state index >= 15 is 0 Å². The normalized spacial score (nSPS) is 16.1. The molecule has 0 aliphatic carbocycles. The Morgan fingerprint density at radius 2 is 1.76 bits per heavy atom. The van der Waals surface area contributed by atoms with Crippen LogP contribution in [0.2, 0.25) is 0 Å². The SMILES string of the molecule is CCCC[C@H](N)C(=O)OC(=O)[C@H](N)[C@H](C)CC. The third-order valence-corrected chi connectivity index (χ3v) is 2.90. The maximum atomic E-state index is 11.5. The molecule has 0 aromatic rings. The smallest absolute Gasteiger partial charge is 0.330 e. The summed E-state index contributed by atoms with van der Waals surface area (Å²) in [5.41, 5.74) is 11.2. The summed E-state index contributed by atoms with van der Waals surface area (Å²) in [4.78, 5) is 23.0. The van der Waals surface area contributed by atoms with Crippen molar-refractivity contribution in [1.29, 1.82) is 0 Å². The number of ether oxygens (including phenoxy) is 1. The average Bonchev–Trinajstić information content (AvgIpc) is 2.33. The molecule has 0 rings (SSSR count). The average molecular weight is 244 g/mol. The Morgan fingerprint density at radius 3 is 2.24 bits per heavy atom. The van der Waals surface area contributed by atoms with Crippen LogP contribution < -0.4 is 11.5 Å². The van der Waals surface area contributed by atoms with E-state index in [9.17, 15) is 9.59 Å². The number of carbonyl (C=O) groups is 2. The van der Waals surface area contributed by atoms with Crippen LogP contribution in [0.3, 0.4) is 0 Å². The van der Waals surface area contributed by atoms with E-state index in [0.717, 1.165) is 19.3 Å². The second-order valence-corrected chi connectivity index (χ2v) is 4.40. The highest BCUT2D eigenvalue weighted by Crippen LogP contribution is 2.08. The molecule has 5 heteroatoms. The summed E-state index contributed by atoms with van der Waals surface area (Å²) in [7, 11) is 0. The fraction of sp³-hybridized carbons (Fsp3) is 0.833. The van der Waals surface area contributed by atoms with Crippen molar-refractivity contribution in [3.63, 3.8) is 0 Å². The molecule has 0 heterocycles. The van der Waals surface area contributed by atoms with Gasteiger partial charge in [-0.15, -0.1) is 0 Å². The van der Waals surface area contributed by atoms with Crippen LogP contribution in [0.4, 0.5) is 0 Å². The summed E-state index contributed by atoms with van der Waals surface area (Å²) >= 11 is 0. The van der Waals surface area contributed by atoms with Crippen molar-refractivity contribution in [2.75, 3.05) is 0 Å². The van der Waals surface area contributed by atoms with Gasteiger partial charge in [0.05, 0.1) is 0 Å². The minimum Gasteiger partial charge on any atom is -0.391 e. The maximum absolute atomic E-state index is 11.5. The number of carbonyl (C=O) groups excluding carboxylic acids is 2. The summed E-state index contributed by atoms with van der Waals surface area (Å²) in [5, 5.41) is 0. The molecule has 0 aliphatic heterocycles. The number of rotatable bonds is 7. The second kappa shape index (κ2) is 8.20. The number of hydrogen-bond donors (Lipinski definition) is 2. The third-order valence-electron chi connectivity index (χ3n) is 2.90. The van der Waals surface area contributed by atoms with Gasteiger partial charge in [0.2, 0.25) is 0 Å². The van der Waals surface area contributed by atoms with E-state index in [2.05, 4.69) is 4.74 Å². The van der Waals surface area contributed by atoms with Gasteiger partial charge in [-0.2, -0.15) is 0 Å². The summed E-state index contributed by atoms with van der Waals surface area (Å²) in [6.07, 6.45) is 3.07. The first-order valence-electron chi connectivity index (χ1n) is 6.20. The van der Waals surface area contributed by atoms with Gasteiger partial charge in [-0.1, -0.05) is 40.0 Å². The van der Waals surface area contributed by atoms with Gasteiger partial charge < -0.3 is 16.2 Å². The molecule has 0 unspecified atom stereocenters. The van der Waals surface area contributed by atoms with Crippen LogP contribution in [0.5, 0.6) is 0 Å². The maximum Gasteiger partial charge on any atom is 0.330 e. The summed E-state index contributed by atoms with van der Waals surface area (Å²) in [5.74, 6) is -1.37. The summed E-state index contributed by atoms with van der Waals surface area (Å²) < 4.78 is 4.67. The lowest BCUT2D eigenvalue weighted by molar-refractivity contribution is -0.162. The zero-order valence-electron chi connectivity index (χ0n) is 10.9. The first-order valence-corrected chi connectivity index (χ1v) is 6.20. The molecular formula is C12H24N2O3. The molecule has 0 amide bonds. The Kier molecular flexibility index (Phi) is 7.74. The Balaban J connectivity index is 4.15. The quantitative estimate of drug-likeness (QED) is 0.513. The molecule has 0 saturated carbocycles. The van der Waals surface area contributed by atoms with E-state index in [1.165, 1.54) is 0 Å². The molecule has 3 atom stereocenters. The van der Waals surface area contributed by atoms with Gasteiger partial charge in [0.25, 0.3) is 0 Å². The van der Waals surface area contributed by atoms with E-state index in [1.807, 2.05) is 20.8 Å². The highest BCUT2D eigenvalue weighted by atomic mass is 16.6. The van der Waals surface area contributed by atoms with Crippen molar-refractivity contribution in [1.82, 2.24) is 0 Å². The Labute approximate surface area is 103 Å². The van der Waals surface area contributed by atoms with Crippen molar-refractivity contribution in [3.05, 3.63) is 0 Å². The van der Waals surface area contributed by atoms with Gasteiger partial charge in [-0.3, -0.25) is 0 Å². The molecule has 0 radical (unpaired) electrons. The predicted octanol–water partition coefficient (Wildman–Crippen LogP) is 0.947. The van der Waals surface area contributed by atoms with Crippen LogP contribution in [-0.2, 0) is 14.3 Å². The number of nitrogens with two attached hydrogens (primary N) is 2. The molecule has 100 valence electrons. The summed E-state index contributed by atoms with van der Waals surface area (Å²) in [6, 6.07) is -1.50. The van der Waals surface area contributed by atoms with Crippen molar-refractivity contribution in [2.45, 2.75) is 58.5 Å². The van der Waals surface area contributed by atoms with E-state index < -0.39 is 24.0 Å². The molecule has 0 fully saturated rings. The van der Waals surface area contributed by atoms with Gasteiger partial charge in [0, 0.05) is 0 Å². The molecule has 0 aromatic carbocycles. The molecule has 0 saturated heterocycles. The molecule has 17 heavy (non-hydrogen) atoms. The Hall–Kier alpha value is -0.940. The molecule has 0 aliphatic rings. The molecule has 0 spiro atoms. The molecule has 0 bridgehead atoms. The van der Waals surface area contributed by atoms with Crippen LogP contribution in [-0.4, -0.2) is 24.0 Å². The van der Waals surface area contributed by atoms with Crippen molar-refractivity contribution in [2.24, 2.45) is 17.4 Å². The third kappa shape index (κ3) is 5.79. The van der Waals surface area contributed by atoms with Crippen molar-refractivity contribution in [3.8, 4) is 0 Å². The zero-order valence-corrected chi connectivity index (χ0v) is 10.9. The summed E-state index contributed by atoms with van der Waals surface area (Å²) in [6.45, 7) is 5.77. The number of unbranched alkanes of at least 4 members (excludes halogenated alkanes) is 1. The minimum atomic E-state index is -0.762. The molecular weight excluding hydrogens is 220 g/mol. The van der Waals surface area contributed by atoms with Crippen molar-refractivity contribution >= 4 is 11.9 Å². The van der Waals surface area contributed by atoms with E-state index in [0.29, 0.717) is 6.42 Å². The van der Waals surface area contributed by atoms with Crippen LogP contribution in [0.15, 0.2) is 0 Å². The fourth-order valence-corrected chi connectivity index (χ4v) is 1.27. The minimum absolute atomic E-state index is 0.0119. The standard InChI is InChI=1S/C12H24N2O3/c1-4-6-7-9(13)11(15)17-12(16)10(14)8(3)5-2/h8-10H,4-7,13-14H2,1-3H3/t8-,9+,10-/m1/s1. The van der Waals surface area contributed by atoms with E-state index in [1.54, 1.807) is 0 Å². The predicted molar refractivity (Wildman–Crippen MR) is 66.0 cm³/mol. The van der Waals surface area contributed by atoms with E-state index in [4.69, 9.17) is 11.5 Å². The van der Waals surface area contributed by atoms with Crippen LogP contribution >= 0.6 is 0 Å². The van der Waals surface area contributed by atoms with Gasteiger partial charge in [0.15, 0.2) is 0 Å². The zero-order chi connectivity index (χ0) is 13.4. The molecule has 0 aromatic heterocycles. The van der Waals surface area contributed by atoms with Crippen LogP contribution in [0.25, 0.3) is 0 Å². The van der Waals surface area contributed by atoms with Gasteiger partial charge in [-0.25, -0.2) is 9.59 Å². The van der Waals surface area contributed by atoms with Gasteiger partial charge in [-0.05, 0) is 12.3 Å². The highest BCUT2D eigenvalue weighted by Gasteiger charge is 2.25. The van der Waals surface area contributed by atoms with Gasteiger partial charge in [0.1, 0.15) is 12.1 Å². The van der Waals surface area contributed by atoms with Crippen LogP contribution in [0.1, 0.15) is 46.5 Å². The Morgan fingerprint density at radius 1 is 1.18 bits per heavy atom. The molecule has 5 nitrogen and oxygen atoms in total. The highest BCUT2D eigenvalue weighted by molar-refractivity contribution is 5.90. The monoisotopic (exact) mass is 244 g/mol. The van der Waals surface area contributed by atoms with Crippen molar-refractivity contribution < 1.29 is 14.3 Å². The topological polar surface area (TPSA) is 95.4 Å². The first-order chi connectivity index (χ1) is 7.93. The lowest BCUT2D eigenvalue weighted by Gasteiger charge is -2.17. The second-order valence-electron chi connectivity index (χ2n) is 4.40. The largest absolute Gasteiger partial charge is 0.391 e. The van der Waals surface area contributed by atoms with Crippen LogP contribution in [0, 0.1) is 5.92 Å². The first kappa shape index (κ1) is 16.1. The Bertz CT molecular complexity index is 256. The lowest BCUT2D eigenvalue weighted by Crippen LogP contribution is -2.42. The van der Waals surface area contributed by atoms with Gasteiger partial charge >= 0.3 is 11.9 Å². The van der Waals surface area contributed by atoms with E-state index in [-0.39, 0.29) is 5.92 Å². The number of esters is 2.